The molecule has 0 amide bonds. The summed E-state index contributed by atoms with van der Waals surface area (Å²) < 4.78 is 40.1. The van der Waals surface area contributed by atoms with Crippen molar-refractivity contribution in [2.75, 3.05) is 20.8 Å². The summed E-state index contributed by atoms with van der Waals surface area (Å²) in [6.07, 6.45) is 0. The molecule has 0 atom stereocenters. The summed E-state index contributed by atoms with van der Waals surface area (Å²) in [5.41, 5.74) is 1.89. The zero-order valence-electron chi connectivity index (χ0n) is 16.6. The van der Waals surface area contributed by atoms with Crippen molar-refractivity contribution in [1.82, 2.24) is 10.6 Å². The van der Waals surface area contributed by atoms with Crippen LogP contribution < -0.4 is 24.8 Å². The molecule has 2 rings (SSSR count). The minimum Gasteiger partial charge on any atom is -0.497 e. The molecule has 0 heterocycles. The number of ether oxygens (including phenoxy) is 3. The summed E-state index contributed by atoms with van der Waals surface area (Å²) in [6.45, 7) is 0.235. The van der Waals surface area contributed by atoms with E-state index in [1.807, 2.05) is 24.3 Å². The Morgan fingerprint density at radius 2 is 1.72 bits per heavy atom. The van der Waals surface area contributed by atoms with Crippen LogP contribution in [0.15, 0.2) is 47.5 Å². The van der Waals surface area contributed by atoms with Gasteiger partial charge in [0.25, 0.3) is 0 Å². The van der Waals surface area contributed by atoms with Crippen LogP contribution in [0, 0.1) is 0 Å². The van der Waals surface area contributed by atoms with E-state index in [1.165, 1.54) is 6.07 Å². The maximum absolute atomic E-state index is 12.5. The van der Waals surface area contributed by atoms with E-state index in [9.17, 15) is 8.78 Å². The van der Waals surface area contributed by atoms with Crippen LogP contribution in [0.3, 0.4) is 0 Å². The third-order valence-electron chi connectivity index (χ3n) is 3.80. The van der Waals surface area contributed by atoms with Crippen molar-refractivity contribution in [3.8, 4) is 17.2 Å². The van der Waals surface area contributed by atoms with E-state index in [1.54, 1.807) is 33.2 Å². The first-order chi connectivity index (χ1) is 13.5. The molecule has 2 N–H and O–H groups in total. The molecule has 29 heavy (non-hydrogen) atoms. The molecule has 0 fully saturated rings. The van der Waals surface area contributed by atoms with Gasteiger partial charge in [-0.15, -0.1) is 24.0 Å². The van der Waals surface area contributed by atoms with Gasteiger partial charge >= 0.3 is 6.61 Å². The molecule has 0 saturated carbocycles. The number of guanidine groups is 1. The molecule has 0 aromatic heterocycles. The average molecular weight is 521 g/mol. The Balaban J connectivity index is 0.00000420. The van der Waals surface area contributed by atoms with Gasteiger partial charge in [-0.2, -0.15) is 8.78 Å². The van der Waals surface area contributed by atoms with E-state index >= 15 is 0 Å². The Morgan fingerprint density at radius 3 is 2.31 bits per heavy atom. The van der Waals surface area contributed by atoms with Crippen LogP contribution in [-0.2, 0) is 13.1 Å². The number of hydrogen-bond acceptors (Lipinski definition) is 4. The SMILES string of the molecule is CCOc1cc(CNC(=NC)NCc2cccc(OC)c2)ccc1OC(F)F.I. The molecule has 0 aliphatic rings. The third-order valence-corrected chi connectivity index (χ3v) is 3.80. The first kappa shape index (κ1) is 24.7. The normalized spacial score (nSPS) is 10.9. The van der Waals surface area contributed by atoms with Gasteiger partial charge in [0.1, 0.15) is 5.75 Å². The highest BCUT2D eigenvalue weighted by Gasteiger charge is 2.12. The Kier molecular flexibility index (Phi) is 11.1. The lowest BCUT2D eigenvalue weighted by Crippen LogP contribution is -2.36. The number of alkyl halides is 2. The van der Waals surface area contributed by atoms with Gasteiger partial charge in [-0.25, -0.2) is 0 Å². The van der Waals surface area contributed by atoms with E-state index in [0.717, 1.165) is 16.9 Å². The highest BCUT2D eigenvalue weighted by Crippen LogP contribution is 2.29. The van der Waals surface area contributed by atoms with Crippen LogP contribution in [0.5, 0.6) is 17.2 Å². The molecule has 0 radical (unpaired) electrons. The maximum atomic E-state index is 12.5. The standard InChI is InChI=1S/C20H25F2N3O3.HI/c1-4-27-18-11-15(8-9-17(18)28-19(21)22)13-25-20(23-2)24-12-14-6-5-7-16(10-14)26-3;/h5-11,19H,4,12-13H2,1-3H3,(H2,23,24,25);1H. The average Bonchev–Trinajstić information content (AvgIpc) is 2.70. The quantitative estimate of drug-likeness (QED) is 0.295. The van der Waals surface area contributed by atoms with Crippen molar-refractivity contribution < 1.29 is 23.0 Å². The van der Waals surface area contributed by atoms with Crippen LogP contribution >= 0.6 is 24.0 Å². The Hall–Kier alpha value is -2.30. The molecule has 2 aromatic carbocycles. The van der Waals surface area contributed by atoms with Gasteiger partial charge in [0.15, 0.2) is 17.5 Å². The number of rotatable bonds is 9. The van der Waals surface area contributed by atoms with Crippen LogP contribution in [0.2, 0.25) is 0 Å². The van der Waals surface area contributed by atoms with E-state index in [0.29, 0.717) is 25.7 Å². The fourth-order valence-corrected chi connectivity index (χ4v) is 2.50. The van der Waals surface area contributed by atoms with Crippen molar-refractivity contribution in [2.45, 2.75) is 26.6 Å². The van der Waals surface area contributed by atoms with Gasteiger partial charge in [-0.1, -0.05) is 18.2 Å². The lowest BCUT2D eigenvalue weighted by Gasteiger charge is -2.15. The Labute approximate surface area is 186 Å². The molecule has 0 saturated heterocycles. The van der Waals surface area contributed by atoms with E-state index in [4.69, 9.17) is 9.47 Å². The lowest BCUT2D eigenvalue weighted by atomic mass is 10.2. The molecule has 0 spiro atoms. The highest BCUT2D eigenvalue weighted by atomic mass is 127. The number of methoxy groups -OCH3 is 1. The number of aliphatic imine (C=N–C) groups is 1. The monoisotopic (exact) mass is 521 g/mol. The summed E-state index contributed by atoms with van der Waals surface area (Å²) in [7, 11) is 3.30. The third kappa shape index (κ3) is 8.30. The number of halogens is 3. The topological polar surface area (TPSA) is 64.1 Å². The minimum atomic E-state index is -2.90. The fraction of sp³-hybridized carbons (Fsp3) is 0.350. The Bertz CT molecular complexity index is 791. The first-order valence-corrected chi connectivity index (χ1v) is 8.83. The minimum absolute atomic E-state index is 0. The molecule has 0 unspecified atom stereocenters. The fourth-order valence-electron chi connectivity index (χ4n) is 2.50. The molecule has 2 aromatic rings. The molecule has 0 bridgehead atoms. The van der Waals surface area contributed by atoms with E-state index in [2.05, 4.69) is 20.4 Å². The second kappa shape index (κ2) is 13.0. The van der Waals surface area contributed by atoms with Crippen LogP contribution in [0.25, 0.3) is 0 Å². The number of nitrogens with one attached hydrogen (secondary N) is 2. The van der Waals surface area contributed by atoms with Crippen LogP contribution in [0.4, 0.5) is 8.78 Å². The molecule has 0 aliphatic carbocycles. The molecule has 6 nitrogen and oxygen atoms in total. The van der Waals surface area contributed by atoms with Gasteiger partial charge in [-0.05, 0) is 42.3 Å². The summed E-state index contributed by atoms with van der Waals surface area (Å²) in [4.78, 5) is 4.18. The Morgan fingerprint density at radius 1 is 1.03 bits per heavy atom. The number of nitrogens with zero attached hydrogens (tertiary/aromatic N) is 1. The summed E-state index contributed by atoms with van der Waals surface area (Å²) in [5.74, 6) is 1.69. The summed E-state index contributed by atoms with van der Waals surface area (Å²) in [5, 5.41) is 6.39. The smallest absolute Gasteiger partial charge is 0.387 e. The van der Waals surface area contributed by atoms with Crippen molar-refractivity contribution in [2.24, 2.45) is 4.99 Å². The molecule has 160 valence electrons. The largest absolute Gasteiger partial charge is 0.497 e. The maximum Gasteiger partial charge on any atom is 0.387 e. The van der Waals surface area contributed by atoms with Crippen molar-refractivity contribution >= 4 is 29.9 Å². The molecule has 9 heteroatoms. The van der Waals surface area contributed by atoms with Crippen molar-refractivity contribution in [3.05, 3.63) is 53.6 Å². The summed E-state index contributed by atoms with van der Waals surface area (Å²) in [6, 6.07) is 12.6. The van der Waals surface area contributed by atoms with Gasteiger partial charge in [0.05, 0.1) is 13.7 Å². The summed E-state index contributed by atoms with van der Waals surface area (Å²) >= 11 is 0. The first-order valence-electron chi connectivity index (χ1n) is 8.83. The van der Waals surface area contributed by atoms with Crippen molar-refractivity contribution in [1.29, 1.82) is 0 Å². The molecule has 0 aliphatic heterocycles. The second-order valence-electron chi connectivity index (χ2n) is 5.72. The van der Waals surface area contributed by atoms with Crippen LogP contribution in [-0.4, -0.2) is 33.3 Å². The van der Waals surface area contributed by atoms with Crippen LogP contribution in [0.1, 0.15) is 18.1 Å². The molecular formula is C20H26F2IN3O3. The lowest BCUT2D eigenvalue weighted by molar-refractivity contribution is -0.0514. The van der Waals surface area contributed by atoms with Crippen molar-refractivity contribution in [3.63, 3.8) is 0 Å². The number of benzene rings is 2. The predicted octanol–water partition coefficient (Wildman–Crippen LogP) is 4.18. The van der Waals surface area contributed by atoms with E-state index < -0.39 is 6.61 Å². The molecular weight excluding hydrogens is 495 g/mol. The predicted molar refractivity (Wildman–Crippen MR) is 120 cm³/mol. The van der Waals surface area contributed by atoms with E-state index in [-0.39, 0.29) is 35.5 Å². The zero-order valence-corrected chi connectivity index (χ0v) is 18.9. The number of hydrogen-bond donors (Lipinski definition) is 2. The van der Waals surface area contributed by atoms with Gasteiger partial charge in [0, 0.05) is 20.1 Å². The second-order valence-corrected chi connectivity index (χ2v) is 5.72. The van der Waals surface area contributed by atoms with Gasteiger partial charge in [0.2, 0.25) is 0 Å². The van der Waals surface area contributed by atoms with Gasteiger partial charge in [-0.3, -0.25) is 4.99 Å². The zero-order chi connectivity index (χ0) is 20.4. The van der Waals surface area contributed by atoms with Gasteiger partial charge < -0.3 is 24.8 Å². The highest BCUT2D eigenvalue weighted by molar-refractivity contribution is 14.0.